The predicted molar refractivity (Wildman–Crippen MR) is 92.1 cm³/mol. The Bertz CT molecular complexity index is 766. The predicted octanol–water partition coefficient (Wildman–Crippen LogP) is 0.363. The number of benzene rings is 1. The normalized spacial score (nSPS) is 21.7. The largest absolute Gasteiger partial charge is 0.497 e. The Morgan fingerprint density at radius 2 is 1.21 bits per heavy atom. The van der Waals surface area contributed by atoms with Gasteiger partial charge in [-0.2, -0.15) is 0 Å². The van der Waals surface area contributed by atoms with Crippen molar-refractivity contribution in [1.29, 1.82) is 0 Å². The maximum Gasteiger partial charge on any atom is 0.303 e. The zero-order valence-corrected chi connectivity index (χ0v) is 15.7. The summed E-state index contributed by atoms with van der Waals surface area (Å²) in [6.45, 7) is 3.14. The highest BCUT2D eigenvalue weighted by molar-refractivity contribution is 6.21. The summed E-state index contributed by atoms with van der Waals surface area (Å²) in [5.74, 6) is -3.95. The van der Waals surface area contributed by atoms with Crippen molar-refractivity contribution in [2.75, 3.05) is 12.0 Å². The van der Waals surface area contributed by atoms with Gasteiger partial charge >= 0.3 is 17.9 Å². The molecule has 1 aliphatic rings. The summed E-state index contributed by atoms with van der Waals surface area (Å²) < 4.78 is 20.0. The van der Waals surface area contributed by atoms with Crippen LogP contribution in [0.5, 0.6) is 5.75 Å². The summed E-state index contributed by atoms with van der Waals surface area (Å²) in [7, 11) is 1.45. The molecule has 2 rings (SSSR count). The first-order chi connectivity index (χ1) is 13.1. The van der Waals surface area contributed by atoms with E-state index in [-0.39, 0.29) is 5.69 Å². The van der Waals surface area contributed by atoms with Crippen LogP contribution in [-0.2, 0) is 38.2 Å². The highest BCUT2D eigenvalue weighted by Crippen LogP contribution is 2.29. The SMILES string of the molecule is COc1ccc(N2C(=O)[C@@H](OC(C)=O)C(OC(C)=O)[C@@H](OC(C)=O)C2=O)cc1. The molecule has 1 heterocycles. The Labute approximate surface area is 160 Å². The van der Waals surface area contributed by atoms with Gasteiger partial charge in [0.1, 0.15) is 5.75 Å². The summed E-state index contributed by atoms with van der Waals surface area (Å²) in [4.78, 5) is 61.0. The molecule has 3 atom stereocenters. The molecule has 2 amide bonds. The molecule has 0 saturated carbocycles. The zero-order chi connectivity index (χ0) is 21.0. The van der Waals surface area contributed by atoms with E-state index in [0.29, 0.717) is 10.6 Å². The fraction of sp³-hybridized carbons (Fsp3) is 0.389. The van der Waals surface area contributed by atoms with Gasteiger partial charge in [-0.05, 0) is 24.3 Å². The van der Waals surface area contributed by atoms with E-state index in [2.05, 4.69) is 0 Å². The molecule has 10 heteroatoms. The quantitative estimate of drug-likeness (QED) is 0.396. The standard InChI is InChI=1S/C18H19NO9/c1-9(20)26-14-15(27-10(2)21)17(23)19(18(24)16(14)28-11(3)22)12-5-7-13(25-4)8-6-12/h5-8,14-16H,1-4H3/t14?,15-,16+. The number of hydrogen-bond acceptors (Lipinski definition) is 9. The van der Waals surface area contributed by atoms with Gasteiger partial charge < -0.3 is 18.9 Å². The minimum atomic E-state index is -1.68. The van der Waals surface area contributed by atoms with Crippen molar-refractivity contribution >= 4 is 35.4 Å². The molecule has 0 N–H and O–H groups in total. The van der Waals surface area contributed by atoms with Crippen LogP contribution in [0.3, 0.4) is 0 Å². The lowest BCUT2D eigenvalue weighted by molar-refractivity contribution is -0.191. The number of carbonyl (C=O) groups is 5. The van der Waals surface area contributed by atoms with E-state index in [1.165, 1.54) is 31.4 Å². The lowest BCUT2D eigenvalue weighted by Gasteiger charge is -2.39. The highest BCUT2D eigenvalue weighted by atomic mass is 16.6. The molecule has 10 nitrogen and oxygen atoms in total. The van der Waals surface area contributed by atoms with Crippen LogP contribution in [0.15, 0.2) is 24.3 Å². The number of carbonyl (C=O) groups excluding carboxylic acids is 5. The number of amides is 2. The van der Waals surface area contributed by atoms with E-state index in [9.17, 15) is 24.0 Å². The fourth-order valence-electron chi connectivity index (χ4n) is 2.70. The van der Waals surface area contributed by atoms with Crippen LogP contribution >= 0.6 is 0 Å². The van der Waals surface area contributed by atoms with E-state index in [1.807, 2.05) is 0 Å². The van der Waals surface area contributed by atoms with Crippen molar-refractivity contribution in [1.82, 2.24) is 0 Å². The van der Waals surface area contributed by atoms with Gasteiger partial charge in [-0.25, -0.2) is 4.90 Å². The third-order valence-corrected chi connectivity index (χ3v) is 3.74. The second kappa shape index (κ2) is 8.51. The van der Waals surface area contributed by atoms with Crippen molar-refractivity contribution in [3.63, 3.8) is 0 Å². The number of esters is 3. The second-order valence-corrected chi connectivity index (χ2v) is 5.84. The molecule has 1 aromatic carbocycles. The molecule has 1 aromatic rings. The molecular weight excluding hydrogens is 374 g/mol. The van der Waals surface area contributed by atoms with Crippen molar-refractivity contribution in [3.05, 3.63) is 24.3 Å². The third kappa shape index (κ3) is 4.45. The van der Waals surface area contributed by atoms with Gasteiger partial charge in [0.25, 0.3) is 11.8 Å². The van der Waals surface area contributed by atoms with Crippen molar-refractivity contribution in [2.45, 2.75) is 39.1 Å². The molecule has 1 aliphatic heterocycles. The molecule has 1 saturated heterocycles. The first kappa shape index (κ1) is 20.9. The van der Waals surface area contributed by atoms with E-state index in [0.717, 1.165) is 20.8 Å². The van der Waals surface area contributed by atoms with Crippen molar-refractivity contribution in [2.24, 2.45) is 0 Å². The Balaban J connectivity index is 2.52. The van der Waals surface area contributed by atoms with E-state index < -0.39 is 48.0 Å². The van der Waals surface area contributed by atoms with Crippen LogP contribution in [0.1, 0.15) is 20.8 Å². The molecule has 0 spiro atoms. The lowest BCUT2D eigenvalue weighted by Crippen LogP contribution is -2.65. The minimum absolute atomic E-state index is 0.131. The number of piperidine rings is 1. The molecule has 28 heavy (non-hydrogen) atoms. The van der Waals surface area contributed by atoms with Crippen LogP contribution in [0.4, 0.5) is 5.69 Å². The number of ether oxygens (including phenoxy) is 4. The summed E-state index contributed by atoms with van der Waals surface area (Å²) in [5, 5.41) is 0. The summed E-state index contributed by atoms with van der Waals surface area (Å²) in [6.07, 6.45) is -4.96. The topological polar surface area (TPSA) is 126 Å². The summed E-state index contributed by atoms with van der Waals surface area (Å²) in [5.41, 5.74) is 0.131. The van der Waals surface area contributed by atoms with Gasteiger partial charge in [0, 0.05) is 20.8 Å². The Kier molecular flexibility index (Phi) is 6.34. The Morgan fingerprint density at radius 1 is 0.786 bits per heavy atom. The van der Waals surface area contributed by atoms with Gasteiger partial charge in [-0.15, -0.1) is 0 Å². The molecule has 0 aromatic heterocycles. The molecule has 1 unspecified atom stereocenters. The first-order valence-electron chi connectivity index (χ1n) is 8.19. The maximum absolute atomic E-state index is 12.9. The fourth-order valence-corrected chi connectivity index (χ4v) is 2.70. The number of nitrogens with zero attached hydrogens (tertiary/aromatic N) is 1. The van der Waals surface area contributed by atoms with Gasteiger partial charge in [0.2, 0.25) is 12.2 Å². The molecular formula is C18H19NO9. The Morgan fingerprint density at radius 3 is 1.57 bits per heavy atom. The Hall–Kier alpha value is -3.43. The van der Waals surface area contributed by atoms with E-state index >= 15 is 0 Å². The third-order valence-electron chi connectivity index (χ3n) is 3.74. The number of methoxy groups -OCH3 is 1. The van der Waals surface area contributed by atoms with Gasteiger partial charge in [-0.3, -0.25) is 24.0 Å². The van der Waals surface area contributed by atoms with Crippen molar-refractivity contribution < 1.29 is 42.9 Å². The maximum atomic E-state index is 12.9. The lowest BCUT2D eigenvalue weighted by atomic mass is 9.98. The van der Waals surface area contributed by atoms with Crippen molar-refractivity contribution in [3.8, 4) is 5.75 Å². The highest BCUT2D eigenvalue weighted by Gasteiger charge is 2.54. The molecule has 0 bridgehead atoms. The number of imide groups is 1. The summed E-state index contributed by atoms with van der Waals surface area (Å²) in [6, 6.07) is 5.87. The number of hydrogen-bond donors (Lipinski definition) is 0. The van der Waals surface area contributed by atoms with Crippen LogP contribution in [0, 0.1) is 0 Å². The number of anilines is 1. The molecule has 0 radical (unpaired) electrons. The van der Waals surface area contributed by atoms with Crippen LogP contribution in [-0.4, -0.2) is 55.1 Å². The molecule has 1 fully saturated rings. The van der Waals surface area contributed by atoms with Gasteiger partial charge in [0.05, 0.1) is 12.8 Å². The van der Waals surface area contributed by atoms with Crippen LogP contribution in [0.2, 0.25) is 0 Å². The summed E-state index contributed by atoms with van der Waals surface area (Å²) >= 11 is 0. The monoisotopic (exact) mass is 393 g/mol. The average molecular weight is 393 g/mol. The second-order valence-electron chi connectivity index (χ2n) is 5.84. The van der Waals surface area contributed by atoms with Crippen LogP contribution in [0.25, 0.3) is 0 Å². The average Bonchev–Trinajstić information content (AvgIpc) is 2.61. The van der Waals surface area contributed by atoms with E-state index in [4.69, 9.17) is 18.9 Å². The zero-order valence-electron chi connectivity index (χ0n) is 15.7. The minimum Gasteiger partial charge on any atom is -0.497 e. The van der Waals surface area contributed by atoms with Gasteiger partial charge in [-0.1, -0.05) is 0 Å². The smallest absolute Gasteiger partial charge is 0.303 e. The number of rotatable bonds is 5. The van der Waals surface area contributed by atoms with Crippen LogP contribution < -0.4 is 9.64 Å². The molecule has 0 aliphatic carbocycles. The van der Waals surface area contributed by atoms with E-state index in [1.54, 1.807) is 0 Å². The first-order valence-corrected chi connectivity index (χ1v) is 8.19. The van der Waals surface area contributed by atoms with Gasteiger partial charge in [0.15, 0.2) is 6.10 Å². The molecule has 150 valence electrons.